The second kappa shape index (κ2) is 9.57. The van der Waals surface area contributed by atoms with Crippen LogP contribution in [0.4, 0.5) is 0 Å². The summed E-state index contributed by atoms with van der Waals surface area (Å²) in [7, 11) is 1.58. The zero-order valence-corrected chi connectivity index (χ0v) is 15.0. The maximum atomic E-state index is 12.5. The van der Waals surface area contributed by atoms with Crippen LogP contribution in [0.15, 0.2) is 48.5 Å². The Kier molecular flexibility index (Phi) is 7.14. The Morgan fingerprint density at radius 3 is 2.28 bits per heavy atom. The van der Waals surface area contributed by atoms with Gasteiger partial charge in [-0.2, -0.15) is 0 Å². The molecule has 2 aromatic carbocycles. The lowest BCUT2D eigenvalue weighted by molar-refractivity contribution is -0.128. The molecule has 1 atom stereocenters. The van der Waals surface area contributed by atoms with Crippen molar-refractivity contribution in [2.75, 3.05) is 13.7 Å². The topological polar surface area (TPSA) is 56.8 Å². The number of benzene rings is 2. The highest BCUT2D eigenvalue weighted by molar-refractivity contribution is 5.81. The zero-order valence-electron chi connectivity index (χ0n) is 15.0. The maximum absolute atomic E-state index is 12.5. The first-order valence-corrected chi connectivity index (χ1v) is 8.47. The lowest BCUT2D eigenvalue weighted by Crippen LogP contribution is -2.37. The molecular formula is C20H25NO4. The van der Waals surface area contributed by atoms with Gasteiger partial charge in [-0.25, -0.2) is 0 Å². The van der Waals surface area contributed by atoms with Gasteiger partial charge in [0.2, 0.25) is 0 Å². The van der Waals surface area contributed by atoms with E-state index in [1.54, 1.807) is 19.2 Å². The van der Waals surface area contributed by atoms with E-state index in [0.29, 0.717) is 31.1 Å². The van der Waals surface area contributed by atoms with Gasteiger partial charge in [0.05, 0.1) is 13.7 Å². The summed E-state index contributed by atoms with van der Waals surface area (Å²) in [6.45, 7) is 4.82. The summed E-state index contributed by atoms with van der Waals surface area (Å²) < 4.78 is 16.7. The smallest absolute Gasteiger partial charge is 0.261 e. The fourth-order valence-electron chi connectivity index (χ4n) is 2.43. The first-order valence-electron chi connectivity index (χ1n) is 8.47. The largest absolute Gasteiger partial charge is 0.494 e. The summed E-state index contributed by atoms with van der Waals surface area (Å²) in [5.41, 5.74) is 0.935. The van der Waals surface area contributed by atoms with Gasteiger partial charge in [0.15, 0.2) is 17.6 Å². The predicted octanol–water partition coefficient (Wildman–Crippen LogP) is 3.57. The molecule has 134 valence electrons. The van der Waals surface area contributed by atoms with Crippen LogP contribution in [0.25, 0.3) is 0 Å². The Morgan fingerprint density at radius 2 is 1.64 bits per heavy atom. The lowest BCUT2D eigenvalue weighted by Gasteiger charge is -2.19. The molecule has 5 heteroatoms. The molecule has 1 N–H and O–H groups in total. The predicted molar refractivity (Wildman–Crippen MR) is 97.2 cm³/mol. The average Bonchev–Trinajstić information content (AvgIpc) is 2.65. The van der Waals surface area contributed by atoms with Crippen molar-refractivity contribution >= 4 is 5.91 Å². The van der Waals surface area contributed by atoms with Gasteiger partial charge >= 0.3 is 0 Å². The summed E-state index contributed by atoms with van der Waals surface area (Å²) in [4.78, 5) is 12.5. The van der Waals surface area contributed by atoms with Gasteiger partial charge in [-0.1, -0.05) is 37.3 Å². The Morgan fingerprint density at radius 1 is 1.00 bits per heavy atom. The van der Waals surface area contributed by atoms with Crippen LogP contribution in [0.5, 0.6) is 17.2 Å². The highest BCUT2D eigenvalue weighted by Crippen LogP contribution is 2.27. The number of carbonyl (C=O) groups is 1. The normalized spacial score (nSPS) is 11.5. The molecule has 0 saturated heterocycles. The maximum Gasteiger partial charge on any atom is 0.261 e. The number of nitrogens with one attached hydrogen (secondary N) is 1. The van der Waals surface area contributed by atoms with Gasteiger partial charge in [-0.3, -0.25) is 4.79 Å². The quantitative estimate of drug-likeness (QED) is 0.756. The van der Waals surface area contributed by atoms with Crippen LogP contribution >= 0.6 is 0 Å². The van der Waals surface area contributed by atoms with Crippen LogP contribution in [0.2, 0.25) is 0 Å². The number of rotatable bonds is 9. The molecule has 2 rings (SSSR count). The minimum atomic E-state index is -0.587. The molecule has 0 aliphatic rings. The van der Waals surface area contributed by atoms with E-state index in [2.05, 4.69) is 5.32 Å². The first kappa shape index (κ1) is 18.6. The molecular weight excluding hydrogens is 318 g/mol. The zero-order chi connectivity index (χ0) is 18.1. The number of amides is 1. The third-order valence-electron chi connectivity index (χ3n) is 3.73. The number of ether oxygens (including phenoxy) is 3. The van der Waals surface area contributed by atoms with Crippen molar-refractivity contribution in [2.45, 2.75) is 32.9 Å². The Balaban J connectivity index is 2.01. The highest BCUT2D eigenvalue weighted by atomic mass is 16.5. The van der Waals surface area contributed by atoms with Crippen molar-refractivity contribution in [3.05, 3.63) is 54.1 Å². The van der Waals surface area contributed by atoms with E-state index in [4.69, 9.17) is 14.2 Å². The summed E-state index contributed by atoms with van der Waals surface area (Å²) in [6.07, 6.45) is -0.0349. The number of carbonyl (C=O) groups excluding carboxylic acids is 1. The van der Waals surface area contributed by atoms with Crippen LogP contribution in [0.1, 0.15) is 25.8 Å². The van der Waals surface area contributed by atoms with Crippen LogP contribution in [0.3, 0.4) is 0 Å². The molecule has 25 heavy (non-hydrogen) atoms. The van der Waals surface area contributed by atoms with E-state index in [1.807, 2.05) is 50.2 Å². The van der Waals surface area contributed by atoms with Crippen molar-refractivity contribution in [3.63, 3.8) is 0 Å². The van der Waals surface area contributed by atoms with Crippen molar-refractivity contribution in [1.82, 2.24) is 5.32 Å². The fourth-order valence-corrected chi connectivity index (χ4v) is 2.43. The molecule has 2 aromatic rings. The SMILES string of the molecule is CCOc1ccccc1CNC(=O)C(CC)Oc1ccccc1OC. The van der Waals surface area contributed by atoms with E-state index in [0.717, 1.165) is 11.3 Å². The summed E-state index contributed by atoms with van der Waals surface area (Å²) in [5.74, 6) is 1.78. The lowest BCUT2D eigenvalue weighted by atomic mass is 10.2. The second-order valence-electron chi connectivity index (χ2n) is 5.42. The van der Waals surface area contributed by atoms with Crippen molar-refractivity contribution in [3.8, 4) is 17.2 Å². The minimum Gasteiger partial charge on any atom is -0.494 e. The molecule has 1 unspecified atom stereocenters. The highest BCUT2D eigenvalue weighted by Gasteiger charge is 2.20. The second-order valence-corrected chi connectivity index (χ2v) is 5.42. The van der Waals surface area contributed by atoms with E-state index in [1.165, 1.54) is 0 Å². The van der Waals surface area contributed by atoms with Gasteiger partial charge in [-0.15, -0.1) is 0 Å². The monoisotopic (exact) mass is 343 g/mol. The molecule has 0 aliphatic carbocycles. The third kappa shape index (κ3) is 5.14. The molecule has 0 fully saturated rings. The van der Waals surface area contributed by atoms with E-state index < -0.39 is 6.10 Å². The fraction of sp³-hybridized carbons (Fsp3) is 0.350. The summed E-state index contributed by atoms with van der Waals surface area (Å²) >= 11 is 0. The van der Waals surface area contributed by atoms with Crippen LogP contribution in [0, 0.1) is 0 Å². The number of hydrogen-bond acceptors (Lipinski definition) is 4. The first-order chi connectivity index (χ1) is 12.2. The van der Waals surface area contributed by atoms with E-state index >= 15 is 0 Å². The molecule has 0 spiro atoms. The Labute approximate surface area is 148 Å². The van der Waals surface area contributed by atoms with Crippen molar-refractivity contribution in [2.24, 2.45) is 0 Å². The summed E-state index contributed by atoms with van der Waals surface area (Å²) in [5, 5.41) is 2.92. The van der Waals surface area contributed by atoms with Crippen LogP contribution < -0.4 is 19.5 Å². The number of hydrogen-bond donors (Lipinski definition) is 1. The molecule has 0 bridgehead atoms. The minimum absolute atomic E-state index is 0.167. The van der Waals surface area contributed by atoms with Gasteiger partial charge in [0.1, 0.15) is 5.75 Å². The molecule has 0 aliphatic heterocycles. The standard InChI is InChI=1S/C20H25NO4/c1-4-16(25-19-13-9-8-12-18(19)23-3)20(22)21-14-15-10-6-7-11-17(15)24-5-2/h6-13,16H,4-5,14H2,1-3H3,(H,21,22). The molecule has 1 amide bonds. The van der Waals surface area contributed by atoms with E-state index in [-0.39, 0.29) is 5.91 Å². The van der Waals surface area contributed by atoms with Gasteiger partial charge in [0, 0.05) is 12.1 Å². The molecule has 5 nitrogen and oxygen atoms in total. The van der Waals surface area contributed by atoms with Gasteiger partial charge in [0.25, 0.3) is 5.91 Å². The Bertz CT molecular complexity index is 687. The van der Waals surface area contributed by atoms with Gasteiger partial charge in [-0.05, 0) is 31.5 Å². The van der Waals surface area contributed by atoms with Crippen LogP contribution in [-0.2, 0) is 11.3 Å². The van der Waals surface area contributed by atoms with Crippen LogP contribution in [-0.4, -0.2) is 25.7 Å². The third-order valence-corrected chi connectivity index (χ3v) is 3.73. The summed E-state index contributed by atoms with van der Waals surface area (Å²) in [6, 6.07) is 15.0. The molecule has 0 heterocycles. The molecule has 0 saturated carbocycles. The number of methoxy groups -OCH3 is 1. The molecule has 0 aromatic heterocycles. The number of para-hydroxylation sites is 3. The van der Waals surface area contributed by atoms with E-state index in [9.17, 15) is 4.79 Å². The Hall–Kier alpha value is -2.69. The van der Waals surface area contributed by atoms with Crippen molar-refractivity contribution < 1.29 is 19.0 Å². The molecule has 0 radical (unpaired) electrons. The van der Waals surface area contributed by atoms with Crippen molar-refractivity contribution in [1.29, 1.82) is 0 Å². The van der Waals surface area contributed by atoms with Gasteiger partial charge < -0.3 is 19.5 Å². The average molecular weight is 343 g/mol.